The number of hydrogen-bond acceptors (Lipinski definition) is 3. The predicted octanol–water partition coefficient (Wildman–Crippen LogP) is 3.13. The van der Waals surface area contributed by atoms with Gasteiger partial charge in [0.2, 0.25) is 0 Å². The van der Waals surface area contributed by atoms with Crippen molar-refractivity contribution in [2.45, 2.75) is 24.8 Å². The second-order valence-corrected chi connectivity index (χ2v) is 5.59. The van der Waals surface area contributed by atoms with Crippen LogP contribution < -0.4 is 15.2 Å². The van der Waals surface area contributed by atoms with E-state index in [0.29, 0.717) is 5.92 Å². The smallest absolute Gasteiger partial charge is 0.122 e. The number of hydrogen-bond donors (Lipinski definition) is 1. The van der Waals surface area contributed by atoms with Crippen molar-refractivity contribution in [1.82, 2.24) is 0 Å². The lowest BCUT2D eigenvalue weighted by molar-refractivity contribution is 0.318. The summed E-state index contributed by atoms with van der Waals surface area (Å²) in [6, 6.07) is 16.5. The average molecular weight is 283 g/mol. The zero-order chi connectivity index (χ0) is 14.7. The van der Waals surface area contributed by atoms with Crippen molar-refractivity contribution in [1.29, 1.82) is 0 Å². The molecule has 1 aliphatic rings. The number of fused-ring (bicyclic) bond motifs is 1. The molecule has 0 radical (unpaired) electrons. The van der Waals surface area contributed by atoms with Gasteiger partial charge in [0.05, 0.1) is 13.7 Å². The highest BCUT2D eigenvalue weighted by atomic mass is 16.5. The molecule has 2 atom stereocenters. The molecule has 0 bridgehead atoms. The van der Waals surface area contributed by atoms with Gasteiger partial charge in [-0.15, -0.1) is 0 Å². The predicted molar refractivity (Wildman–Crippen MR) is 84.0 cm³/mol. The summed E-state index contributed by atoms with van der Waals surface area (Å²) >= 11 is 0. The second kappa shape index (κ2) is 6.19. The van der Waals surface area contributed by atoms with Gasteiger partial charge in [-0.3, -0.25) is 0 Å². The van der Waals surface area contributed by atoms with E-state index in [9.17, 15) is 0 Å². The van der Waals surface area contributed by atoms with Crippen molar-refractivity contribution < 1.29 is 9.47 Å². The van der Waals surface area contributed by atoms with Crippen LogP contribution in [0, 0.1) is 0 Å². The third-order valence-corrected chi connectivity index (χ3v) is 4.04. The lowest BCUT2D eigenvalue weighted by atomic mass is 9.91. The fourth-order valence-corrected chi connectivity index (χ4v) is 2.94. The Hall–Kier alpha value is -2.00. The second-order valence-electron chi connectivity index (χ2n) is 5.59. The molecule has 0 saturated carbocycles. The van der Waals surface area contributed by atoms with Crippen LogP contribution in [0.4, 0.5) is 0 Å². The molecular weight excluding hydrogens is 262 g/mol. The van der Waals surface area contributed by atoms with Crippen molar-refractivity contribution in [3.05, 3.63) is 59.7 Å². The van der Waals surface area contributed by atoms with E-state index < -0.39 is 0 Å². The molecule has 3 nitrogen and oxygen atoms in total. The monoisotopic (exact) mass is 283 g/mol. The van der Waals surface area contributed by atoms with Gasteiger partial charge in [-0.25, -0.2) is 0 Å². The molecular formula is C18H21NO2. The summed E-state index contributed by atoms with van der Waals surface area (Å²) in [6.07, 6.45) is 1.83. The van der Waals surface area contributed by atoms with E-state index in [1.165, 1.54) is 11.1 Å². The summed E-state index contributed by atoms with van der Waals surface area (Å²) in [7, 11) is 1.68. The van der Waals surface area contributed by atoms with Gasteiger partial charge in [-0.1, -0.05) is 30.3 Å². The molecule has 2 aromatic rings. The van der Waals surface area contributed by atoms with Crippen LogP contribution in [0.2, 0.25) is 0 Å². The number of nitrogens with two attached hydrogens (primary N) is 1. The first-order chi connectivity index (χ1) is 10.3. The Morgan fingerprint density at radius 2 is 1.95 bits per heavy atom. The molecule has 3 heteroatoms. The molecule has 0 amide bonds. The first-order valence-electron chi connectivity index (χ1n) is 7.36. The number of para-hydroxylation sites is 1. The van der Waals surface area contributed by atoms with Crippen molar-refractivity contribution in [3.63, 3.8) is 0 Å². The number of rotatable bonds is 5. The van der Waals surface area contributed by atoms with E-state index in [4.69, 9.17) is 15.2 Å². The molecule has 0 fully saturated rings. The average Bonchev–Trinajstić information content (AvgIpc) is 2.91. The number of ether oxygens (including phenoxy) is 2. The largest absolute Gasteiger partial charge is 0.497 e. The van der Waals surface area contributed by atoms with Crippen molar-refractivity contribution in [2.24, 2.45) is 5.73 Å². The zero-order valence-corrected chi connectivity index (χ0v) is 12.3. The molecule has 1 aliphatic heterocycles. The maximum Gasteiger partial charge on any atom is 0.122 e. The molecule has 3 rings (SSSR count). The van der Waals surface area contributed by atoms with Gasteiger partial charge in [-0.2, -0.15) is 0 Å². The molecule has 0 spiro atoms. The molecule has 0 saturated heterocycles. The highest BCUT2D eigenvalue weighted by molar-refractivity contribution is 5.39. The Morgan fingerprint density at radius 1 is 1.19 bits per heavy atom. The fourth-order valence-electron chi connectivity index (χ4n) is 2.94. The van der Waals surface area contributed by atoms with Crippen LogP contribution in [0.5, 0.6) is 11.5 Å². The fraction of sp³-hybridized carbons (Fsp3) is 0.333. The summed E-state index contributed by atoms with van der Waals surface area (Å²) < 4.78 is 10.9. The summed E-state index contributed by atoms with van der Waals surface area (Å²) in [5.74, 6) is 2.30. The minimum Gasteiger partial charge on any atom is -0.497 e. The lowest BCUT2D eigenvalue weighted by Crippen LogP contribution is -2.26. The topological polar surface area (TPSA) is 44.5 Å². The molecule has 1 heterocycles. The SMILES string of the molecule is COc1ccc(CC(N)CC2COc3ccccc32)cc1. The van der Waals surface area contributed by atoms with E-state index in [0.717, 1.165) is 30.9 Å². The quantitative estimate of drug-likeness (QED) is 0.917. The van der Waals surface area contributed by atoms with Crippen molar-refractivity contribution in [3.8, 4) is 11.5 Å². The molecule has 2 aromatic carbocycles. The van der Waals surface area contributed by atoms with Crippen LogP contribution in [0.3, 0.4) is 0 Å². The molecule has 2 unspecified atom stereocenters. The Labute approximate surface area is 125 Å². The molecule has 2 N–H and O–H groups in total. The first-order valence-corrected chi connectivity index (χ1v) is 7.36. The Bertz CT molecular complexity index is 594. The van der Waals surface area contributed by atoms with Crippen LogP contribution in [0.15, 0.2) is 48.5 Å². The van der Waals surface area contributed by atoms with Gasteiger partial charge >= 0.3 is 0 Å². The van der Waals surface area contributed by atoms with E-state index in [-0.39, 0.29) is 6.04 Å². The van der Waals surface area contributed by atoms with Crippen LogP contribution in [-0.4, -0.2) is 19.8 Å². The van der Waals surface area contributed by atoms with E-state index >= 15 is 0 Å². The lowest BCUT2D eigenvalue weighted by Gasteiger charge is -2.16. The third-order valence-electron chi connectivity index (χ3n) is 4.04. The number of benzene rings is 2. The van der Waals surface area contributed by atoms with E-state index in [1.807, 2.05) is 24.3 Å². The maximum atomic E-state index is 6.33. The maximum absolute atomic E-state index is 6.33. The van der Waals surface area contributed by atoms with Gasteiger partial charge in [0, 0.05) is 17.5 Å². The van der Waals surface area contributed by atoms with Gasteiger partial charge in [0.25, 0.3) is 0 Å². The van der Waals surface area contributed by atoms with Crippen LogP contribution >= 0.6 is 0 Å². The summed E-state index contributed by atoms with van der Waals surface area (Å²) in [6.45, 7) is 0.746. The van der Waals surface area contributed by atoms with Gasteiger partial charge < -0.3 is 15.2 Å². The standard InChI is InChI=1S/C18H21NO2/c1-20-16-8-6-13(7-9-16)10-15(19)11-14-12-21-18-5-3-2-4-17(14)18/h2-9,14-15H,10-12,19H2,1H3. The van der Waals surface area contributed by atoms with E-state index in [1.54, 1.807) is 7.11 Å². The summed E-state index contributed by atoms with van der Waals surface area (Å²) in [5, 5.41) is 0. The van der Waals surface area contributed by atoms with Crippen LogP contribution in [-0.2, 0) is 6.42 Å². The van der Waals surface area contributed by atoms with E-state index in [2.05, 4.69) is 24.3 Å². The van der Waals surface area contributed by atoms with Crippen LogP contribution in [0.25, 0.3) is 0 Å². The highest BCUT2D eigenvalue weighted by Gasteiger charge is 2.25. The summed E-state index contributed by atoms with van der Waals surface area (Å²) in [4.78, 5) is 0. The van der Waals surface area contributed by atoms with Crippen molar-refractivity contribution >= 4 is 0 Å². The van der Waals surface area contributed by atoms with Crippen LogP contribution in [0.1, 0.15) is 23.5 Å². The normalized spacial score (nSPS) is 17.9. The summed E-state index contributed by atoms with van der Waals surface area (Å²) in [5.41, 5.74) is 8.87. The minimum atomic E-state index is 0.137. The molecule has 0 aliphatic carbocycles. The zero-order valence-electron chi connectivity index (χ0n) is 12.3. The Morgan fingerprint density at radius 3 is 2.71 bits per heavy atom. The minimum absolute atomic E-state index is 0.137. The Balaban J connectivity index is 1.60. The van der Waals surface area contributed by atoms with Gasteiger partial charge in [-0.05, 0) is 36.6 Å². The number of methoxy groups -OCH3 is 1. The third kappa shape index (κ3) is 3.19. The highest BCUT2D eigenvalue weighted by Crippen LogP contribution is 2.36. The van der Waals surface area contributed by atoms with Gasteiger partial charge in [0.1, 0.15) is 11.5 Å². The Kier molecular flexibility index (Phi) is 4.11. The van der Waals surface area contributed by atoms with Crippen molar-refractivity contribution in [2.75, 3.05) is 13.7 Å². The van der Waals surface area contributed by atoms with Gasteiger partial charge in [0.15, 0.2) is 0 Å². The molecule has 110 valence electrons. The molecule has 21 heavy (non-hydrogen) atoms. The first kappa shape index (κ1) is 14.0. The molecule has 0 aromatic heterocycles.